The third kappa shape index (κ3) is 7.10. The molecule has 0 aromatic heterocycles. The average Bonchev–Trinajstić information content (AvgIpc) is 3.47. The van der Waals surface area contributed by atoms with E-state index in [0.717, 1.165) is 37.7 Å². The van der Waals surface area contributed by atoms with E-state index in [1.807, 2.05) is 0 Å². The van der Waals surface area contributed by atoms with E-state index in [2.05, 4.69) is 0 Å². The summed E-state index contributed by atoms with van der Waals surface area (Å²) in [7, 11) is 2.48. The summed E-state index contributed by atoms with van der Waals surface area (Å²) in [5, 5.41) is 0. The van der Waals surface area contributed by atoms with Gasteiger partial charge < -0.3 is 18.9 Å². The molecule has 14 heteroatoms. The number of ether oxygens (including phenoxy) is 4. The molecule has 1 heterocycles. The number of halogens is 6. The van der Waals surface area contributed by atoms with Crippen molar-refractivity contribution >= 4 is 17.9 Å². The lowest BCUT2D eigenvalue weighted by molar-refractivity contribution is -0.143. The highest BCUT2D eigenvalue weighted by molar-refractivity contribution is 5.91. The van der Waals surface area contributed by atoms with Crippen LogP contribution in [0.3, 0.4) is 0 Å². The largest absolute Gasteiger partial charge is 0.493 e. The molecule has 8 nitrogen and oxygen atoms in total. The lowest BCUT2D eigenvalue weighted by atomic mass is 9.90. The van der Waals surface area contributed by atoms with Gasteiger partial charge in [0.15, 0.2) is 11.5 Å². The van der Waals surface area contributed by atoms with E-state index in [9.17, 15) is 35.9 Å². The number of anilines is 1. The first kappa shape index (κ1) is 33.1. The van der Waals surface area contributed by atoms with Crippen LogP contribution in [0.1, 0.15) is 74.2 Å². The third-order valence-electron chi connectivity index (χ3n) is 7.78. The van der Waals surface area contributed by atoms with Crippen LogP contribution < -0.4 is 14.4 Å². The minimum atomic E-state index is -5.07. The monoisotopic (exact) mass is 632 g/mol. The number of nitrogens with zero attached hydrogens (tertiary/aromatic N) is 2. The molecule has 44 heavy (non-hydrogen) atoms. The van der Waals surface area contributed by atoms with Crippen LogP contribution in [0.4, 0.5) is 41.6 Å². The highest BCUT2D eigenvalue weighted by Gasteiger charge is 2.42. The molecule has 0 N–H and O–H groups in total. The second-order valence-electron chi connectivity index (χ2n) is 10.8. The SMILES string of the molecule is CCOC(=O)N1c2cc(OC)c(OC3CCCC3)cc2[C@@H](N(Cc2cc(C(F)(F)F)cc(C(F)(F)F)c2)C(=O)OC)C[C@H]1C. The van der Waals surface area contributed by atoms with Crippen LogP contribution >= 0.6 is 0 Å². The number of hydrogen-bond acceptors (Lipinski definition) is 6. The van der Waals surface area contributed by atoms with Crippen LogP contribution in [0, 0.1) is 0 Å². The van der Waals surface area contributed by atoms with Crippen LogP contribution in [-0.4, -0.2) is 50.1 Å². The Morgan fingerprint density at radius 3 is 2.07 bits per heavy atom. The minimum absolute atomic E-state index is 0.0279. The number of fused-ring (bicyclic) bond motifs is 1. The second kappa shape index (κ2) is 13.0. The summed E-state index contributed by atoms with van der Waals surface area (Å²) < 4.78 is 104. The molecule has 0 unspecified atom stereocenters. The van der Waals surface area contributed by atoms with Crippen LogP contribution in [0.25, 0.3) is 0 Å². The molecule has 1 aliphatic carbocycles. The first-order valence-electron chi connectivity index (χ1n) is 14.1. The summed E-state index contributed by atoms with van der Waals surface area (Å²) in [5.41, 5.74) is -2.77. The molecule has 0 bridgehead atoms. The molecule has 0 radical (unpaired) electrons. The molecule has 242 valence electrons. The van der Waals surface area contributed by atoms with Gasteiger partial charge in [0, 0.05) is 24.2 Å². The van der Waals surface area contributed by atoms with Crippen molar-refractivity contribution in [2.45, 2.75) is 83.0 Å². The van der Waals surface area contributed by atoms with Crippen molar-refractivity contribution in [1.82, 2.24) is 4.90 Å². The molecule has 2 aliphatic rings. The van der Waals surface area contributed by atoms with Gasteiger partial charge >= 0.3 is 24.5 Å². The standard InChI is InChI=1S/C30H34F6N2O6/c1-5-43-28(40)38-17(2)10-23(22-14-26(25(41-3)15-24(22)38)44-21-8-6-7-9-21)37(27(39)42-4)16-18-11-19(29(31,32)33)13-20(12-18)30(34,35)36/h11-15,17,21,23H,5-10,16H2,1-4H3/t17-,23+/m1/s1. The predicted molar refractivity (Wildman–Crippen MR) is 147 cm³/mol. The Balaban J connectivity index is 1.86. The van der Waals surface area contributed by atoms with Gasteiger partial charge in [0.1, 0.15) is 0 Å². The molecule has 1 aliphatic heterocycles. The van der Waals surface area contributed by atoms with E-state index in [1.165, 1.54) is 12.0 Å². The van der Waals surface area contributed by atoms with Crippen molar-refractivity contribution in [3.05, 3.63) is 52.6 Å². The van der Waals surface area contributed by atoms with E-state index in [0.29, 0.717) is 29.2 Å². The summed E-state index contributed by atoms with van der Waals surface area (Å²) in [6.07, 6.45) is -8.29. The van der Waals surface area contributed by atoms with E-state index in [-0.39, 0.29) is 30.9 Å². The molecule has 2 aromatic rings. The molecule has 2 atom stereocenters. The van der Waals surface area contributed by atoms with Gasteiger partial charge in [-0.15, -0.1) is 0 Å². The lowest BCUT2D eigenvalue weighted by Gasteiger charge is -2.42. The maximum Gasteiger partial charge on any atom is 0.416 e. The van der Waals surface area contributed by atoms with Crippen molar-refractivity contribution in [3.8, 4) is 11.5 Å². The Morgan fingerprint density at radius 1 is 0.932 bits per heavy atom. The Labute approximate surface area is 250 Å². The zero-order valence-electron chi connectivity index (χ0n) is 24.7. The molecule has 1 saturated carbocycles. The van der Waals surface area contributed by atoms with Gasteiger partial charge in [0.25, 0.3) is 0 Å². The van der Waals surface area contributed by atoms with E-state index >= 15 is 0 Å². The molecular formula is C30H34F6N2O6. The minimum Gasteiger partial charge on any atom is -0.493 e. The van der Waals surface area contributed by atoms with E-state index in [4.69, 9.17) is 18.9 Å². The fourth-order valence-corrected chi connectivity index (χ4v) is 5.76. The fraction of sp³-hybridized carbons (Fsp3) is 0.533. The first-order valence-corrected chi connectivity index (χ1v) is 14.1. The molecule has 0 spiro atoms. The van der Waals surface area contributed by atoms with Crippen LogP contribution in [0.15, 0.2) is 30.3 Å². The van der Waals surface area contributed by atoms with Gasteiger partial charge in [-0.1, -0.05) is 0 Å². The predicted octanol–water partition coefficient (Wildman–Crippen LogP) is 8.12. The topological polar surface area (TPSA) is 77.5 Å². The molecule has 4 rings (SSSR count). The van der Waals surface area contributed by atoms with Crippen molar-refractivity contribution < 1.29 is 54.9 Å². The number of rotatable bonds is 7. The maximum absolute atomic E-state index is 13.6. The highest BCUT2D eigenvalue weighted by atomic mass is 19.4. The zero-order chi connectivity index (χ0) is 32.4. The quantitative estimate of drug-likeness (QED) is 0.287. The number of methoxy groups -OCH3 is 2. The van der Waals surface area contributed by atoms with E-state index in [1.54, 1.807) is 26.0 Å². The van der Waals surface area contributed by atoms with Crippen LogP contribution in [0.2, 0.25) is 0 Å². The van der Waals surface area contributed by atoms with Gasteiger partial charge in [-0.2, -0.15) is 26.3 Å². The molecule has 1 fully saturated rings. The normalized spacial score (nSPS) is 18.9. The lowest BCUT2D eigenvalue weighted by Crippen LogP contribution is -2.47. The zero-order valence-corrected chi connectivity index (χ0v) is 24.7. The maximum atomic E-state index is 13.6. The molecule has 0 saturated heterocycles. The number of alkyl halides is 6. The van der Waals surface area contributed by atoms with Crippen molar-refractivity contribution in [1.29, 1.82) is 0 Å². The number of carbonyl (C=O) groups excluding carboxylic acids is 2. The van der Waals surface area contributed by atoms with Gasteiger partial charge in [-0.25, -0.2) is 9.59 Å². The summed E-state index contributed by atoms with van der Waals surface area (Å²) in [6.45, 7) is 2.75. The van der Waals surface area contributed by atoms with Crippen molar-refractivity contribution in [2.75, 3.05) is 25.7 Å². The Morgan fingerprint density at radius 2 is 1.55 bits per heavy atom. The van der Waals surface area contributed by atoms with Gasteiger partial charge in [-0.05, 0) is 75.8 Å². The summed E-state index contributed by atoms with van der Waals surface area (Å²) >= 11 is 0. The summed E-state index contributed by atoms with van der Waals surface area (Å²) in [6, 6.07) is 2.77. The molecule has 2 aromatic carbocycles. The van der Waals surface area contributed by atoms with Gasteiger partial charge in [0.2, 0.25) is 0 Å². The second-order valence-corrected chi connectivity index (χ2v) is 10.8. The first-order chi connectivity index (χ1) is 20.7. The van der Waals surface area contributed by atoms with Gasteiger partial charge in [0.05, 0.1) is 49.8 Å². The Hall–Kier alpha value is -3.84. The number of carbonyl (C=O) groups is 2. The summed E-state index contributed by atoms with van der Waals surface area (Å²) in [4.78, 5) is 28.7. The smallest absolute Gasteiger partial charge is 0.416 e. The number of hydrogen-bond donors (Lipinski definition) is 0. The number of benzene rings is 2. The number of amides is 2. The van der Waals surface area contributed by atoms with Crippen molar-refractivity contribution in [2.24, 2.45) is 0 Å². The fourth-order valence-electron chi connectivity index (χ4n) is 5.76. The van der Waals surface area contributed by atoms with Crippen molar-refractivity contribution in [3.63, 3.8) is 0 Å². The third-order valence-corrected chi connectivity index (χ3v) is 7.78. The van der Waals surface area contributed by atoms with Gasteiger partial charge in [-0.3, -0.25) is 9.80 Å². The Bertz CT molecular complexity index is 1330. The van der Waals surface area contributed by atoms with Crippen LogP contribution in [0.5, 0.6) is 11.5 Å². The summed E-state index contributed by atoms with van der Waals surface area (Å²) in [5.74, 6) is 0.625. The highest BCUT2D eigenvalue weighted by Crippen LogP contribution is 2.47. The molecule has 2 amide bonds. The average molecular weight is 633 g/mol. The van der Waals surface area contributed by atoms with Crippen LogP contribution in [-0.2, 0) is 28.4 Å². The van der Waals surface area contributed by atoms with E-state index < -0.39 is 59.9 Å². The molecular weight excluding hydrogens is 598 g/mol. The Kier molecular flexibility index (Phi) is 9.79.